The SMILES string of the molecule is COC1(CNCC(=O)Nc2ccccc2Br)CCOC1. The smallest absolute Gasteiger partial charge is 0.238 e. The molecule has 1 aromatic carbocycles. The van der Waals surface area contributed by atoms with Gasteiger partial charge in [-0.15, -0.1) is 0 Å². The number of halogens is 1. The highest BCUT2D eigenvalue weighted by molar-refractivity contribution is 9.10. The third-order valence-corrected chi connectivity index (χ3v) is 4.07. The molecule has 0 aromatic heterocycles. The zero-order chi connectivity index (χ0) is 14.4. The number of benzene rings is 1. The number of hydrogen-bond acceptors (Lipinski definition) is 4. The Balaban J connectivity index is 1.77. The highest BCUT2D eigenvalue weighted by Crippen LogP contribution is 2.22. The molecule has 0 aliphatic carbocycles. The molecule has 0 spiro atoms. The van der Waals surface area contributed by atoms with Gasteiger partial charge in [0, 0.05) is 31.2 Å². The predicted molar refractivity (Wildman–Crippen MR) is 80.8 cm³/mol. The van der Waals surface area contributed by atoms with Crippen molar-refractivity contribution < 1.29 is 14.3 Å². The minimum atomic E-state index is -0.298. The molecule has 1 fully saturated rings. The van der Waals surface area contributed by atoms with Crippen molar-refractivity contribution in [2.45, 2.75) is 12.0 Å². The van der Waals surface area contributed by atoms with Gasteiger partial charge in [0.15, 0.2) is 0 Å². The van der Waals surface area contributed by atoms with Gasteiger partial charge < -0.3 is 20.1 Å². The molecule has 0 saturated carbocycles. The van der Waals surface area contributed by atoms with E-state index in [-0.39, 0.29) is 18.1 Å². The summed E-state index contributed by atoms with van der Waals surface area (Å²) in [6.07, 6.45) is 0.850. The lowest BCUT2D eigenvalue weighted by molar-refractivity contribution is -0.115. The average Bonchev–Trinajstić information content (AvgIpc) is 2.91. The molecule has 1 amide bonds. The first-order valence-corrected chi connectivity index (χ1v) is 7.32. The first-order chi connectivity index (χ1) is 9.65. The quantitative estimate of drug-likeness (QED) is 0.827. The monoisotopic (exact) mass is 342 g/mol. The molecule has 110 valence electrons. The number of rotatable bonds is 6. The molecule has 20 heavy (non-hydrogen) atoms. The predicted octanol–water partition coefficient (Wildman–Crippen LogP) is 1.78. The second kappa shape index (κ2) is 7.17. The lowest BCUT2D eigenvalue weighted by Gasteiger charge is -2.25. The summed E-state index contributed by atoms with van der Waals surface area (Å²) in [5.41, 5.74) is 0.470. The molecule has 5 nitrogen and oxygen atoms in total. The van der Waals surface area contributed by atoms with Crippen molar-refractivity contribution in [2.24, 2.45) is 0 Å². The molecule has 1 aliphatic heterocycles. The summed E-state index contributed by atoms with van der Waals surface area (Å²) < 4.78 is 11.7. The fourth-order valence-corrected chi connectivity index (χ4v) is 2.51. The number of carbonyl (C=O) groups excluding carboxylic acids is 1. The van der Waals surface area contributed by atoms with E-state index in [0.717, 1.165) is 16.6 Å². The molecular formula is C14H19BrN2O3. The van der Waals surface area contributed by atoms with Gasteiger partial charge in [-0.3, -0.25) is 4.79 Å². The van der Waals surface area contributed by atoms with Gasteiger partial charge >= 0.3 is 0 Å². The van der Waals surface area contributed by atoms with Crippen LogP contribution < -0.4 is 10.6 Å². The van der Waals surface area contributed by atoms with Crippen LogP contribution in [-0.2, 0) is 14.3 Å². The highest BCUT2D eigenvalue weighted by Gasteiger charge is 2.34. The van der Waals surface area contributed by atoms with Crippen LogP contribution in [0.1, 0.15) is 6.42 Å². The number of para-hydroxylation sites is 1. The van der Waals surface area contributed by atoms with Gasteiger partial charge in [0.1, 0.15) is 5.60 Å². The van der Waals surface area contributed by atoms with Gasteiger partial charge in [-0.2, -0.15) is 0 Å². The van der Waals surface area contributed by atoms with Crippen molar-refractivity contribution in [2.75, 3.05) is 38.7 Å². The zero-order valence-electron chi connectivity index (χ0n) is 11.4. The molecule has 6 heteroatoms. The van der Waals surface area contributed by atoms with Crippen LogP contribution in [0.25, 0.3) is 0 Å². The number of carbonyl (C=O) groups is 1. The molecule has 2 rings (SSSR count). The van der Waals surface area contributed by atoms with Crippen molar-refractivity contribution in [1.29, 1.82) is 0 Å². The maximum Gasteiger partial charge on any atom is 0.238 e. The van der Waals surface area contributed by atoms with Gasteiger partial charge in [-0.25, -0.2) is 0 Å². The fraction of sp³-hybridized carbons (Fsp3) is 0.500. The summed E-state index contributed by atoms with van der Waals surface area (Å²) in [5.74, 6) is -0.0814. The van der Waals surface area contributed by atoms with Crippen LogP contribution in [0.5, 0.6) is 0 Å². The molecule has 1 atom stereocenters. The van der Waals surface area contributed by atoms with Crippen LogP contribution in [0.15, 0.2) is 28.7 Å². The topological polar surface area (TPSA) is 59.6 Å². The minimum absolute atomic E-state index is 0.0814. The number of hydrogen-bond donors (Lipinski definition) is 2. The molecule has 0 bridgehead atoms. The van der Waals surface area contributed by atoms with Crippen LogP contribution in [0.4, 0.5) is 5.69 Å². The molecule has 1 heterocycles. The van der Waals surface area contributed by atoms with Gasteiger partial charge in [-0.05, 0) is 28.1 Å². The summed E-state index contributed by atoms with van der Waals surface area (Å²) >= 11 is 3.39. The Kier molecular flexibility index (Phi) is 5.54. The fourth-order valence-electron chi connectivity index (χ4n) is 2.12. The summed E-state index contributed by atoms with van der Waals surface area (Å²) in [7, 11) is 1.68. The standard InChI is InChI=1S/C14H19BrN2O3/c1-19-14(6-7-20-10-14)9-16-8-13(18)17-12-5-3-2-4-11(12)15/h2-5,16H,6-10H2,1H3,(H,17,18). The molecular weight excluding hydrogens is 324 g/mol. The third-order valence-electron chi connectivity index (χ3n) is 3.38. The highest BCUT2D eigenvalue weighted by atomic mass is 79.9. The van der Waals surface area contributed by atoms with Gasteiger partial charge in [0.25, 0.3) is 0 Å². The van der Waals surface area contributed by atoms with E-state index in [2.05, 4.69) is 26.6 Å². The Hall–Kier alpha value is -0.950. The van der Waals surface area contributed by atoms with Crippen LogP contribution in [-0.4, -0.2) is 44.9 Å². The maximum atomic E-state index is 11.9. The number of amides is 1. The number of ether oxygens (including phenoxy) is 2. The summed E-state index contributed by atoms with van der Waals surface area (Å²) in [4.78, 5) is 11.9. The number of methoxy groups -OCH3 is 1. The minimum Gasteiger partial charge on any atom is -0.378 e. The van der Waals surface area contributed by atoms with Crippen molar-refractivity contribution in [3.05, 3.63) is 28.7 Å². The molecule has 1 aromatic rings. The Morgan fingerprint density at radius 3 is 2.95 bits per heavy atom. The maximum absolute atomic E-state index is 11.9. The van der Waals surface area contributed by atoms with E-state index in [4.69, 9.17) is 9.47 Å². The Morgan fingerprint density at radius 2 is 2.30 bits per heavy atom. The normalized spacial score (nSPS) is 21.9. The lowest BCUT2D eigenvalue weighted by Crippen LogP contribution is -2.45. The van der Waals surface area contributed by atoms with E-state index in [9.17, 15) is 4.79 Å². The third kappa shape index (κ3) is 4.02. The Labute approximate surface area is 127 Å². The lowest BCUT2D eigenvalue weighted by atomic mass is 10.0. The number of nitrogens with one attached hydrogen (secondary N) is 2. The average molecular weight is 343 g/mol. The number of anilines is 1. The molecule has 1 saturated heterocycles. The van der Waals surface area contributed by atoms with E-state index < -0.39 is 0 Å². The van der Waals surface area contributed by atoms with Crippen LogP contribution >= 0.6 is 15.9 Å². The second-order valence-corrected chi connectivity index (χ2v) is 5.68. The van der Waals surface area contributed by atoms with Crippen LogP contribution in [0.3, 0.4) is 0 Å². The second-order valence-electron chi connectivity index (χ2n) is 4.82. The first kappa shape index (κ1) is 15.4. The van der Waals surface area contributed by atoms with Crippen molar-refractivity contribution >= 4 is 27.5 Å². The van der Waals surface area contributed by atoms with E-state index in [1.54, 1.807) is 7.11 Å². The zero-order valence-corrected chi connectivity index (χ0v) is 13.0. The first-order valence-electron chi connectivity index (χ1n) is 6.53. The Morgan fingerprint density at radius 1 is 1.50 bits per heavy atom. The van der Waals surface area contributed by atoms with E-state index in [0.29, 0.717) is 19.8 Å². The van der Waals surface area contributed by atoms with Gasteiger partial charge in [-0.1, -0.05) is 12.1 Å². The van der Waals surface area contributed by atoms with Gasteiger partial charge in [0.05, 0.1) is 18.8 Å². The van der Waals surface area contributed by atoms with Crippen LogP contribution in [0, 0.1) is 0 Å². The summed E-state index contributed by atoms with van der Waals surface area (Å²) in [6.45, 7) is 2.13. The molecule has 1 aliphatic rings. The largest absolute Gasteiger partial charge is 0.378 e. The summed E-state index contributed by atoms with van der Waals surface area (Å²) in [5, 5.41) is 5.97. The van der Waals surface area contributed by atoms with E-state index >= 15 is 0 Å². The van der Waals surface area contributed by atoms with Crippen LogP contribution in [0.2, 0.25) is 0 Å². The molecule has 0 radical (unpaired) electrons. The van der Waals surface area contributed by atoms with Crippen molar-refractivity contribution in [3.63, 3.8) is 0 Å². The van der Waals surface area contributed by atoms with Crippen molar-refractivity contribution in [1.82, 2.24) is 5.32 Å². The molecule has 2 N–H and O–H groups in total. The Bertz CT molecular complexity index is 461. The van der Waals surface area contributed by atoms with E-state index in [1.165, 1.54) is 0 Å². The van der Waals surface area contributed by atoms with Gasteiger partial charge in [0.2, 0.25) is 5.91 Å². The summed E-state index contributed by atoms with van der Waals surface area (Å²) in [6, 6.07) is 7.52. The molecule has 1 unspecified atom stereocenters. The van der Waals surface area contributed by atoms with E-state index in [1.807, 2.05) is 24.3 Å². The van der Waals surface area contributed by atoms with Crippen molar-refractivity contribution in [3.8, 4) is 0 Å².